The molecule has 0 radical (unpaired) electrons. The van der Waals surface area contributed by atoms with Crippen LogP contribution in [0.15, 0.2) is 72.0 Å². The molecule has 3 aromatic carbocycles. The molecule has 0 fully saturated rings. The number of ether oxygens (including phenoxy) is 1. The van der Waals surface area contributed by atoms with Gasteiger partial charge in [-0.15, -0.1) is 6.58 Å². The van der Waals surface area contributed by atoms with E-state index in [1.54, 1.807) is 34.9 Å². The topological polar surface area (TPSA) is 84.6 Å². The molecule has 4 rings (SSSR count). The van der Waals surface area contributed by atoms with E-state index < -0.39 is 5.69 Å². The van der Waals surface area contributed by atoms with Crippen LogP contribution in [-0.4, -0.2) is 26.9 Å². The van der Waals surface area contributed by atoms with Gasteiger partial charge in [0.25, 0.3) is 0 Å². The Balaban J connectivity index is 1.97. The number of aromatic hydroxyl groups is 2. The van der Waals surface area contributed by atoms with E-state index >= 15 is 0 Å². The monoisotopic (exact) mass is 456 g/mol. The number of fused-ring (bicyclic) bond motifs is 1. The van der Waals surface area contributed by atoms with E-state index in [2.05, 4.69) is 25.4 Å². The van der Waals surface area contributed by atoms with Gasteiger partial charge in [-0.3, -0.25) is 4.57 Å². The Kier molecular flexibility index (Phi) is 6.41. The van der Waals surface area contributed by atoms with Gasteiger partial charge < -0.3 is 14.9 Å². The molecule has 4 aromatic rings. The normalized spacial score (nSPS) is 11.2. The number of phenolic OH excluding ortho intramolecular Hbond substituents is 2. The summed E-state index contributed by atoms with van der Waals surface area (Å²) < 4.78 is 6.78. The molecule has 0 amide bonds. The zero-order chi connectivity index (χ0) is 24.4. The standard InChI is InChI=1S/C28H28N2O4/c1-5-6-21-23(31)14-12-22-26(21)27(20-10-8-19(9-11-20)17(2)3)29-28(33)30(22)16-18-7-13-24(32)25(15-18)34-4/h5,7-15,17,31-32H,1,6,16H2,2-4H3. The summed E-state index contributed by atoms with van der Waals surface area (Å²) in [4.78, 5) is 17.7. The Hall–Kier alpha value is -4.06. The molecule has 174 valence electrons. The number of allylic oxidation sites excluding steroid dienone is 1. The molecule has 0 aliphatic carbocycles. The van der Waals surface area contributed by atoms with E-state index in [1.165, 1.54) is 18.7 Å². The third-order valence-electron chi connectivity index (χ3n) is 6.02. The van der Waals surface area contributed by atoms with Crippen molar-refractivity contribution in [3.05, 3.63) is 94.4 Å². The summed E-state index contributed by atoms with van der Waals surface area (Å²) in [6.07, 6.45) is 2.15. The van der Waals surface area contributed by atoms with Crippen molar-refractivity contribution in [2.24, 2.45) is 0 Å². The van der Waals surface area contributed by atoms with Gasteiger partial charge in [0.2, 0.25) is 0 Å². The Morgan fingerprint density at radius 2 is 1.76 bits per heavy atom. The zero-order valence-corrected chi connectivity index (χ0v) is 19.6. The lowest BCUT2D eigenvalue weighted by molar-refractivity contribution is 0.373. The summed E-state index contributed by atoms with van der Waals surface area (Å²) in [6, 6.07) is 16.3. The van der Waals surface area contributed by atoms with Crippen molar-refractivity contribution in [2.45, 2.75) is 32.7 Å². The van der Waals surface area contributed by atoms with Gasteiger partial charge in [0.1, 0.15) is 5.75 Å². The van der Waals surface area contributed by atoms with Crippen LogP contribution in [0.25, 0.3) is 22.2 Å². The van der Waals surface area contributed by atoms with Crippen molar-refractivity contribution in [3.63, 3.8) is 0 Å². The second-order valence-corrected chi connectivity index (χ2v) is 8.56. The smallest absolute Gasteiger partial charge is 0.348 e. The molecule has 6 nitrogen and oxygen atoms in total. The van der Waals surface area contributed by atoms with Gasteiger partial charge in [-0.25, -0.2) is 4.79 Å². The van der Waals surface area contributed by atoms with Crippen molar-refractivity contribution < 1.29 is 14.9 Å². The first kappa shape index (κ1) is 23.1. The van der Waals surface area contributed by atoms with Crippen LogP contribution in [0.3, 0.4) is 0 Å². The Bertz CT molecular complexity index is 1420. The molecule has 1 aromatic heterocycles. The maximum atomic E-state index is 13.3. The van der Waals surface area contributed by atoms with Crippen molar-refractivity contribution in [3.8, 4) is 28.5 Å². The van der Waals surface area contributed by atoms with Gasteiger partial charge in [-0.1, -0.05) is 50.3 Å². The third kappa shape index (κ3) is 4.27. The SMILES string of the molecule is C=CCc1c(O)ccc2c1c(-c1ccc(C(C)C)cc1)nc(=O)n2Cc1ccc(O)c(OC)c1. The van der Waals surface area contributed by atoms with E-state index in [4.69, 9.17) is 4.74 Å². The van der Waals surface area contributed by atoms with Gasteiger partial charge in [-0.2, -0.15) is 4.98 Å². The van der Waals surface area contributed by atoms with E-state index in [-0.39, 0.29) is 18.0 Å². The second kappa shape index (κ2) is 9.43. The van der Waals surface area contributed by atoms with Crippen LogP contribution in [0.5, 0.6) is 17.2 Å². The molecule has 0 atom stereocenters. The van der Waals surface area contributed by atoms with E-state index in [1.807, 2.05) is 24.3 Å². The minimum Gasteiger partial charge on any atom is -0.508 e. The first-order chi connectivity index (χ1) is 16.3. The Morgan fingerprint density at radius 1 is 1.06 bits per heavy atom. The largest absolute Gasteiger partial charge is 0.508 e. The van der Waals surface area contributed by atoms with Crippen LogP contribution in [0.1, 0.15) is 36.5 Å². The maximum Gasteiger partial charge on any atom is 0.348 e. The van der Waals surface area contributed by atoms with Crippen LogP contribution in [0.2, 0.25) is 0 Å². The second-order valence-electron chi connectivity index (χ2n) is 8.56. The van der Waals surface area contributed by atoms with Gasteiger partial charge in [0.05, 0.1) is 24.9 Å². The van der Waals surface area contributed by atoms with Gasteiger partial charge in [-0.05, 0) is 47.7 Å². The molecular formula is C28H28N2O4. The number of methoxy groups -OCH3 is 1. The molecule has 0 bridgehead atoms. The highest BCUT2D eigenvalue weighted by atomic mass is 16.5. The van der Waals surface area contributed by atoms with E-state index in [0.717, 1.165) is 11.1 Å². The van der Waals surface area contributed by atoms with Gasteiger partial charge in [0, 0.05) is 16.5 Å². The zero-order valence-electron chi connectivity index (χ0n) is 19.6. The lowest BCUT2D eigenvalue weighted by atomic mass is 9.96. The molecular weight excluding hydrogens is 428 g/mol. The minimum atomic E-state index is -0.405. The summed E-state index contributed by atoms with van der Waals surface area (Å²) in [6.45, 7) is 8.32. The molecule has 1 heterocycles. The van der Waals surface area contributed by atoms with Crippen LogP contribution in [0.4, 0.5) is 0 Å². The highest BCUT2D eigenvalue weighted by Gasteiger charge is 2.18. The summed E-state index contributed by atoms with van der Waals surface area (Å²) in [5.41, 5.74) is 4.22. The molecule has 0 unspecified atom stereocenters. The third-order valence-corrected chi connectivity index (χ3v) is 6.02. The van der Waals surface area contributed by atoms with Gasteiger partial charge >= 0.3 is 5.69 Å². The fourth-order valence-corrected chi connectivity index (χ4v) is 4.17. The fourth-order valence-electron chi connectivity index (χ4n) is 4.17. The van der Waals surface area contributed by atoms with Crippen LogP contribution >= 0.6 is 0 Å². The minimum absolute atomic E-state index is 0.0277. The number of aromatic nitrogens is 2. The fraction of sp³-hybridized carbons (Fsp3) is 0.214. The molecule has 0 spiro atoms. The predicted octanol–water partition coefficient (Wildman–Crippen LogP) is 5.38. The Labute approximate surface area is 198 Å². The molecule has 0 saturated carbocycles. The summed E-state index contributed by atoms with van der Waals surface area (Å²) in [5.74, 6) is 0.870. The highest BCUT2D eigenvalue weighted by molar-refractivity contribution is 5.96. The van der Waals surface area contributed by atoms with Crippen molar-refractivity contribution in [1.29, 1.82) is 0 Å². The van der Waals surface area contributed by atoms with Crippen molar-refractivity contribution >= 4 is 10.9 Å². The Morgan fingerprint density at radius 3 is 2.41 bits per heavy atom. The predicted molar refractivity (Wildman–Crippen MR) is 135 cm³/mol. The molecule has 2 N–H and O–H groups in total. The molecule has 34 heavy (non-hydrogen) atoms. The number of hydrogen-bond donors (Lipinski definition) is 2. The highest BCUT2D eigenvalue weighted by Crippen LogP contribution is 2.35. The van der Waals surface area contributed by atoms with E-state index in [9.17, 15) is 15.0 Å². The van der Waals surface area contributed by atoms with Crippen LogP contribution in [0, 0.1) is 0 Å². The van der Waals surface area contributed by atoms with Crippen LogP contribution < -0.4 is 10.4 Å². The number of nitrogens with zero attached hydrogens (tertiary/aromatic N) is 2. The molecule has 6 heteroatoms. The molecule has 0 aliphatic heterocycles. The van der Waals surface area contributed by atoms with Gasteiger partial charge in [0.15, 0.2) is 11.5 Å². The summed E-state index contributed by atoms with van der Waals surface area (Å²) in [5, 5.41) is 21.3. The summed E-state index contributed by atoms with van der Waals surface area (Å²) >= 11 is 0. The average molecular weight is 457 g/mol. The first-order valence-electron chi connectivity index (χ1n) is 11.2. The quantitative estimate of drug-likeness (QED) is 0.365. The van der Waals surface area contributed by atoms with Crippen LogP contribution in [-0.2, 0) is 13.0 Å². The number of phenols is 2. The van der Waals surface area contributed by atoms with Crippen molar-refractivity contribution in [1.82, 2.24) is 9.55 Å². The lowest BCUT2D eigenvalue weighted by Gasteiger charge is -2.17. The summed E-state index contributed by atoms with van der Waals surface area (Å²) in [7, 11) is 1.48. The van der Waals surface area contributed by atoms with E-state index in [0.29, 0.717) is 40.2 Å². The number of benzene rings is 3. The molecule has 0 aliphatic rings. The number of hydrogen-bond acceptors (Lipinski definition) is 5. The average Bonchev–Trinajstić information content (AvgIpc) is 2.83. The maximum absolute atomic E-state index is 13.3. The van der Waals surface area contributed by atoms with Crippen molar-refractivity contribution in [2.75, 3.05) is 7.11 Å². The lowest BCUT2D eigenvalue weighted by Crippen LogP contribution is -2.25. The molecule has 0 saturated heterocycles. The number of rotatable bonds is 7. The first-order valence-corrected chi connectivity index (χ1v) is 11.2.